The van der Waals surface area contributed by atoms with Crippen molar-refractivity contribution in [2.75, 3.05) is 0 Å². The van der Waals surface area contributed by atoms with Crippen molar-refractivity contribution in [1.29, 1.82) is 0 Å². The fourth-order valence-electron chi connectivity index (χ4n) is 0.386. The van der Waals surface area contributed by atoms with Crippen molar-refractivity contribution in [3.8, 4) is 12.3 Å². The second-order valence-electron chi connectivity index (χ2n) is 3.77. The quantitative estimate of drug-likeness (QED) is 0.325. The fourth-order valence-corrected chi connectivity index (χ4v) is 0.386. The van der Waals surface area contributed by atoms with E-state index in [1.807, 2.05) is 52.0 Å². The topological polar surface area (TPSA) is 0 Å². The predicted octanol–water partition coefficient (Wildman–Crippen LogP) is 5.70. The van der Waals surface area contributed by atoms with Crippen LogP contribution in [0.3, 0.4) is 0 Å². The Morgan fingerprint density at radius 1 is 1.18 bits per heavy atom. The normalized spacial score (nSPS) is 10.1. The number of rotatable bonds is 2. The summed E-state index contributed by atoms with van der Waals surface area (Å²) in [6.45, 7) is 15.7. The van der Waals surface area contributed by atoms with Gasteiger partial charge in [-0.3, -0.25) is 0 Å². The molecule has 0 saturated heterocycles. The van der Waals surface area contributed by atoms with Crippen LogP contribution in [0.1, 0.15) is 48.0 Å². The Morgan fingerprint density at radius 2 is 1.59 bits per heavy atom. The van der Waals surface area contributed by atoms with Gasteiger partial charge in [0.1, 0.15) is 0 Å². The minimum absolute atomic E-state index is 1.09. The Kier molecular flexibility index (Phi) is 24.6. The van der Waals surface area contributed by atoms with Crippen LogP contribution in [0.4, 0.5) is 0 Å². The molecule has 0 N–H and O–H groups in total. The molecule has 0 aliphatic rings. The van der Waals surface area contributed by atoms with Gasteiger partial charge < -0.3 is 0 Å². The van der Waals surface area contributed by atoms with E-state index in [1.54, 1.807) is 6.08 Å². The maximum atomic E-state index is 4.99. The standard InChI is InChI=1S/C9H12.2C4H8/c1-4-6-7-8-9(3)5-2;1-4(2)3;1-3-4-2/h1,6-8H,5H2,2-3H3;1H2,2-3H3;3-4H,1-2H3/b7-6-,9-8+;;4-3-. The lowest BCUT2D eigenvalue weighted by molar-refractivity contribution is 1.10. The molecule has 0 bridgehead atoms. The summed E-state index contributed by atoms with van der Waals surface area (Å²) in [5, 5.41) is 0. The molecule has 0 fully saturated rings. The molecule has 0 aromatic rings. The zero-order chi connectivity index (χ0) is 14.1. The third-order valence-electron chi connectivity index (χ3n) is 1.46. The Balaban J connectivity index is -0.000000205. The van der Waals surface area contributed by atoms with E-state index >= 15 is 0 Å². The highest BCUT2D eigenvalue weighted by molar-refractivity contribution is 5.18. The Morgan fingerprint density at radius 3 is 1.82 bits per heavy atom. The van der Waals surface area contributed by atoms with Gasteiger partial charge in [0.15, 0.2) is 0 Å². The van der Waals surface area contributed by atoms with Crippen molar-refractivity contribution < 1.29 is 0 Å². The van der Waals surface area contributed by atoms with E-state index in [4.69, 9.17) is 6.42 Å². The molecular formula is C17H28. The minimum Gasteiger partial charge on any atom is -0.115 e. The van der Waals surface area contributed by atoms with Crippen LogP contribution in [0.5, 0.6) is 0 Å². The largest absolute Gasteiger partial charge is 0.115 e. The van der Waals surface area contributed by atoms with Gasteiger partial charge in [-0.2, -0.15) is 0 Å². The number of hydrogen-bond acceptors (Lipinski definition) is 0. The molecule has 0 amide bonds. The monoisotopic (exact) mass is 232 g/mol. The van der Waals surface area contributed by atoms with Gasteiger partial charge >= 0.3 is 0 Å². The number of terminal acetylenes is 1. The summed E-state index contributed by atoms with van der Waals surface area (Å²) in [5.41, 5.74) is 2.52. The highest BCUT2D eigenvalue weighted by Crippen LogP contribution is 1.96. The van der Waals surface area contributed by atoms with Crippen LogP contribution in [-0.2, 0) is 0 Å². The zero-order valence-corrected chi connectivity index (χ0v) is 12.4. The lowest BCUT2D eigenvalue weighted by atomic mass is 10.2. The van der Waals surface area contributed by atoms with Crippen LogP contribution in [-0.4, -0.2) is 0 Å². The predicted molar refractivity (Wildman–Crippen MR) is 83.0 cm³/mol. The van der Waals surface area contributed by atoms with E-state index in [0.29, 0.717) is 0 Å². The molecule has 0 unspecified atom stereocenters. The van der Waals surface area contributed by atoms with Crippen molar-refractivity contribution in [2.45, 2.75) is 48.0 Å². The van der Waals surface area contributed by atoms with E-state index in [2.05, 4.69) is 26.3 Å². The van der Waals surface area contributed by atoms with Crippen LogP contribution < -0.4 is 0 Å². The molecule has 0 rings (SSSR count). The Hall–Kier alpha value is -1.48. The van der Waals surface area contributed by atoms with E-state index < -0.39 is 0 Å². The third kappa shape index (κ3) is 53.5. The highest BCUT2D eigenvalue weighted by atomic mass is 13.8. The molecule has 0 radical (unpaired) electrons. The molecular weight excluding hydrogens is 204 g/mol. The first kappa shape index (κ1) is 20.9. The molecule has 96 valence electrons. The van der Waals surface area contributed by atoms with E-state index in [9.17, 15) is 0 Å². The number of allylic oxidation sites excluding steroid dienone is 7. The van der Waals surface area contributed by atoms with Crippen LogP contribution in [0, 0.1) is 12.3 Å². The lowest BCUT2D eigenvalue weighted by Crippen LogP contribution is -1.66. The third-order valence-corrected chi connectivity index (χ3v) is 1.46. The Labute approximate surface area is 109 Å². The van der Waals surface area contributed by atoms with Gasteiger partial charge in [-0.25, -0.2) is 0 Å². The number of hydrogen-bond donors (Lipinski definition) is 0. The summed E-state index contributed by atoms with van der Waals surface area (Å²) >= 11 is 0. The van der Waals surface area contributed by atoms with Crippen LogP contribution >= 0.6 is 0 Å². The first-order chi connectivity index (χ1) is 7.95. The van der Waals surface area contributed by atoms with Gasteiger partial charge in [0.05, 0.1) is 0 Å². The smallest absolute Gasteiger partial charge is 0.0122 e. The molecule has 0 aliphatic heterocycles. The van der Waals surface area contributed by atoms with Gasteiger partial charge in [-0.05, 0) is 47.1 Å². The van der Waals surface area contributed by atoms with Crippen molar-refractivity contribution in [1.82, 2.24) is 0 Å². The molecule has 0 heterocycles. The Bertz CT molecular complexity index is 272. The van der Waals surface area contributed by atoms with Gasteiger partial charge in [-0.1, -0.05) is 48.3 Å². The van der Waals surface area contributed by atoms with Crippen molar-refractivity contribution in [2.24, 2.45) is 0 Å². The first-order valence-electron chi connectivity index (χ1n) is 5.93. The summed E-state index contributed by atoms with van der Waals surface area (Å²) in [4.78, 5) is 0. The maximum Gasteiger partial charge on any atom is -0.0122 e. The average Bonchev–Trinajstić information content (AvgIpc) is 2.29. The summed E-state index contributed by atoms with van der Waals surface area (Å²) in [6, 6.07) is 0. The first-order valence-corrected chi connectivity index (χ1v) is 5.93. The summed E-state index contributed by atoms with van der Waals surface area (Å²) in [5.74, 6) is 2.42. The highest BCUT2D eigenvalue weighted by Gasteiger charge is 1.76. The van der Waals surface area contributed by atoms with Crippen LogP contribution in [0.2, 0.25) is 0 Å². The molecule has 0 heteroatoms. The van der Waals surface area contributed by atoms with Crippen LogP contribution in [0.15, 0.2) is 48.1 Å². The second kappa shape index (κ2) is 20.0. The summed E-state index contributed by atoms with van der Waals surface area (Å²) in [6.07, 6.45) is 15.7. The van der Waals surface area contributed by atoms with E-state index in [0.717, 1.165) is 6.42 Å². The maximum absolute atomic E-state index is 4.99. The van der Waals surface area contributed by atoms with Gasteiger partial charge in [-0.15, -0.1) is 13.0 Å². The molecule has 0 aromatic carbocycles. The van der Waals surface area contributed by atoms with E-state index in [1.165, 1.54) is 11.1 Å². The lowest BCUT2D eigenvalue weighted by Gasteiger charge is -1.86. The molecule has 0 aromatic heterocycles. The average molecular weight is 232 g/mol. The molecule has 17 heavy (non-hydrogen) atoms. The minimum atomic E-state index is 1.09. The summed E-state index contributed by atoms with van der Waals surface area (Å²) in [7, 11) is 0. The molecule has 0 nitrogen and oxygen atoms in total. The van der Waals surface area contributed by atoms with Gasteiger partial charge in [0.2, 0.25) is 0 Å². The summed E-state index contributed by atoms with van der Waals surface area (Å²) < 4.78 is 0. The van der Waals surface area contributed by atoms with E-state index in [-0.39, 0.29) is 0 Å². The van der Waals surface area contributed by atoms with Gasteiger partial charge in [0, 0.05) is 0 Å². The van der Waals surface area contributed by atoms with Crippen molar-refractivity contribution >= 4 is 0 Å². The molecule has 0 saturated carbocycles. The van der Waals surface area contributed by atoms with Gasteiger partial charge in [0.25, 0.3) is 0 Å². The van der Waals surface area contributed by atoms with Crippen molar-refractivity contribution in [3.05, 3.63) is 48.1 Å². The van der Waals surface area contributed by atoms with Crippen LogP contribution in [0.25, 0.3) is 0 Å². The second-order valence-corrected chi connectivity index (χ2v) is 3.77. The fraction of sp³-hybridized carbons (Fsp3) is 0.412. The zero-order valence-electron chi connectivity index (χ0n) is 12.4. The van der Waals surface area contributed by atoms with Crippen molar-refractivity contribution in [3.63, 3.8) is 0 Å². The SMILES string of the molecule is C#C/C=C\C=C(/C)CC.C/C=C\C.C=C(C)C. The molecule has 0 atom stereocenters. The molecule has 0 aliphatic carbocycles. The molecule has 0 spiro atoms.